The number of fused-ring (bicyclic) bond motifs is 2. The van der Waals surface area contributed by atoms with Crippen LogP contribution in [0.1, 0.15) is 25.7 Å². The fourth-order valence-corrected chi connectivity index (χ4v) is 3.35. The van der Waals surface area contributed by atoms with Crippen LogP contribution in [0, 0.1) is 11.8 Å². The van der Waals surface area contributed by atoms with Crippen molar-refractivity contribution in [1.29, 1.82) is 0 Å². The van der Waals surface area contributed by atoms with Crippen molar-refractivity contribution in [3.8, 4) is 0 Å². The Labute approximate surface area is 101 Å². The largest absolute Gasteiger partial charge is 0.481 e. The molecule has 0 aromatic carbocycles. The molecule has 1 saturated carbocycles. The number of carboxylic acid groups (broad SMARTS) is 1. The molecule has 2 bridgehead atoms. The van der Waals surface area contributed by atoms with Gasteiger partial charge in [0.1, 0.15) is 0 Å². The van der Waals surface area contributed by atoms with E-state index in [-0.39, 0.29) is 13.0 Å². The molecule has 2 fully saturated rings. The number of carboxylic acids is 1. The maximum Gasteiger partial charge on any atom is 0.303 e. The van der Waals surface area contributed by atoms with Gasteiger partial charge in [0.05, 0.1) is 12.7 Å². The number of nitrogens with zero attached hydrogens (tertiary/aromatic N) is 1. The Hall–Kier alpha value is -0.650. The standard InChI is InChI=1S/C12H21NO4/c14-7-11(15)6-13-5-9-3-10(13)2-1-8(9)4-12(16)17/h8-11,14-15H,1-7H2,(H,16,17). The summed E-state index contributed by atoms with van der Waals surface area (Å²) in [5.74, 6) is 0.0399. The second-order valence-electron chi connectivity index (χ2n) is 5.38. The molecule has 2 aliphatic rings. The van der Waals surface area contributed by atoms with E-state index >= 15 is 0 Å². The summed E-state index contributed by atoms with van der Waals surface area (Å²) in [6, 6.07) is 0.478. The lowest BCUT2D eigenvalue weighted by atomic mass is 9.78. The van der Waals surface area contributed by atoms with E-state index in [0.717, 1.165) is 25.8 Å². The first kappa shape index (κ1) is 12.8. The third-order valence-corrected chi connectivity index (χ3v) is 4.19. The molecule has 98 valence electrons. The fourth-order valence-electron chi connectivity index (χ4n) is 3.35. The second kappa shape index (κ2) is 5.33. The smallest absolute Gasteiger partial charge is 0.303 e. The first-order valence-electron chi connectivity index (χ1n) is 6.35. The van der Waals surface area contributed by atoms with Gasteiger partial charge in [0.25, 0.3) is 0 Å². The molecule has 5 heteroatoms. The maximum absolute atomic E-state index is 10.8. The van der Waals surface area contributed by atoms with E-state index in [9.17, 15) is 9.90 Å². The molecule has 2 rings (SSSR count). The number of aliphatic hydroxyl groups excluding tert-OH is 2. The van der Waals surface area contributed by atoms with E-state index < -0.39 is 12.1 Å². The highest BCUT2D eigenvalue weighted by molar-refractivity contribution is 5.67. The van der Waals surface area contributed by atoms with Gasteiger partial charge in [0.15, 0.2) is 0 Å². The maximum atomic E-state index is 10.8. The topological polar surface area (TPSA) is 81.0 Å². The summed E-state index contributed by atoms with van der Waals surface area (Å²) in [5, 5.41) is 27.2. The number of aliphatic hydroxyl groups is 2. The van der Waals surface area contributed by atoms with Crippen LogP contribution in [-0.2, 0) is 4.79 Å². The third kappa shape index (κ3) is 2.97. The lowest BCUT2D eigenvalue weighted by Gasteiger charge is -2.28. The lowest BCUT2D eigenvalue weighted by Crippen LogP contribution is -2.37. The molecule has 0 radical (unpaired) electrons. The molecular weight excluding hydrogens is 222 g/mol. The number of β-amino-alcohol motifs (C(OH)–C–C–N with tert-alkyl or cyclic N) is 1. The van der Waals surface area contributed by atoms with E-state index in [1.165, 1.54) is 0 Å². The number of carbonyl (C=O) groups is 1. The zero-order chi connectivity index (χ0) is 12.4. The predicted octanol–water partition coefficient (Wildman–Crippen LogP) is -0.0852. The van der Waals surface area contributed by atoms with Crippen LogP contribution in [0.15, 0.2) is 0 Å². The van der Waals surface area contributed by atoms with Crippen molar-refractivity contribution in [2.24, 2.45) is 11.8 Å². The molecule has 1 saturated heterocycles. The van der Waals surface area contributed by atoms with Crippen molar-refractivity contribution in [2.45, 2.75) is 37.8 Å². The van der Waals surface area contributed by atoms with Crippen LogP contribution in [0.4, 0.5) is 0 Å². The van der Waals surface area contributed by atoms with Gasteiger partial charge in [-0.05, 0) is 31.1 Å². The number of hydrogen-bond acceptors (Lipinski definition) is 4. The molecule has 5 nitrogen and oxygen atoms in total. The first-order valence-corrected chi connectivity index (χ1v) is 6.35. The Kier molecular flexibility index (Phi) is 4.01. The summed E-state index contributed by atoms with van der Waals surface area (Å²) in [5.41, 5.74) is 0. The molecule has 0 aromatic heterocycles. The summed E-state index contributed by atoms with van der Waals surface area (Å²) >= 11 is 0. The molecule has 1 aliphatic carbocycles. The van der Waals surface area contributed by atoms with Crippen LogP contribution in [0.25, 0.3) is 0 Å². The van der Waals surface area contributed by atoms with Crippen molar-refractivity contribution in [3.63, 3.8) is 0 Å². The number of likely N-dealkylation sites (tertiary alicyclic amines) is 1. The monoisotopic (exact) mass is 243 g/mol. The van der Waals surface area contributed by atoms with Crippen LogP contribution in [0.2, 0.25) is 0 Å². The molecule has 0 spiro atoms. The minimum absolute atomic E-state index is 0.202. The fraction of sp³-hybridized carbons (Fsp3) is 0.917. The van der Waals surface area contributed by atoms with Crippen molar-refractivity contribution in [2.75, 3.05) is 19.7 Å². The van der Waals surface area contributed by atoms with Crippen LogP contribution in [0.3, 0.4) is 0 Å². The van der Waals surface area contributed by atoms with Crippen molar-refractivity contribution >= 4 is 5.97 Å². The van der Waals surface area contributed by atoms with Gasteiger partial charge in [-0.15, -0.1) is 0 Å². The Morgan fingerprint density at radius 1 is 1.41 bits per heavy atom. The average Bonchev–Trinajstić information content (AvgIpc) is 2.60. The predicted molar refractivity (Wildman–Crippen MR) is 61.5 cm³/mol. The van der Waals surface area contributed by atoms with E-state index in [1.54, 1.807) is 0 Å². The van der Waals surface area contributed by atoms with Gasteiger partial charge in [-0.3, -0.25) is 9.69 Å². The highest BCUT2D eigenvalue weighted by Gasteiger charge is 2.41. The summed E-state index contributed by atoms with van der Waals surface area (Å²) in [7, 11) is 0. The number of rotatable bonds is 5. The van der Waals surface area contributed by atoms with Gasteiger partial charge >= 0.3 is 5.97 Å². The van der Waals surface area contributed by atoms with E-state index in [2.05, 4.69) is 4.90 Å². The summed E-state index contributed by atoms with van der Waals surface area (Å²) < 4.78 is 0. The Morgan fingerprint density at radius 2 is 2.18 bits per heavy atom. The Morgan fingerprint density at radius 3 is 2.82 bits per heavy atom. The summed E-state index contributed by atoms with van der Waals surface area (Å²) in [6.45, 7) is 1.18. The summed E-state index contributed by atoms with van der Waals surface area (Å²) in [4.78, 5) is 13.0. The van der Waals surface area contributed by atoms with Crippen molar-refractivity contribution < 1.29 is 20.1 Å². The van der Waals surface area contributed by atoms with Crippen LogP contribution < -0.4 is 0 Å². The van der Waals surface area contributed by atoms with E-state index in [0.29, 0.717) is 24.4 Å². The van der Waals surface area contributed by atoms with Crippen LogP contribution in [-0.4, -0.2) is 58.0 Å². The minimum Gasteiger partial charge on any atom is -0.481 e. The highest BCUT2D eigenvalue weighted by Crippen LogP contribution is 2.40. The molecule has 4 atom stereocenters. The van der Waals surface area contributed by atoms with Gasteiger partial charge in [-0.2, -0.15) is 0 Å². The first-order chi connectivity index (χ1) is 8.10. The normalized spacial score (nSPS) is 34.8. The molecule has 0 aromatic rings. The SMILES string of the molecule is O=C(O)CC1CCC2CC1CN2CC(O)CO. The quantitative estimate of drug-likeness (QED) is 0.629. The second-order valence-corrected chi connectivity index (χ2v) is 5.38. The van der Waals surface area contributed by atoms with Crippen molar-refractivity contribution in [3.05, 3.63) is 0 Å². The molecular formula is C12H21NO4. The third-order valence-electron chi connectivity index (χ3n) is 4.19. The lowest BCUT2D eigenvalue weighted by molar-refractivity contribution is -0.138. The number of aliphatic carboxylic acids is 1. The van der Waals surface area contributed by atoms with E-state index in [4.69, 9.17) is 10.2 Å². The molecule has 4 unspecified atom stereocenters. The average molecular weight is 243 g/mol. The summed E-state index contributed by atoms with van der Waals surface area (Å²) in [6.07, 6.45) is 2.65. The molecule has 17 heavy (non-hydrogen) atoms. The molecule has 1 heterocycles. The van der Waals surface area contributed by atoms with Gasteiger partial charge in [0, 0.05) is 25.6 Å². The van der Waals surface area contributed by atoms with E-state index in [1.807, 2.05) is 0 Å². The molecule has 3 N–H and O–H groups in total. The zero-order valence-corrected chi connectivity index (χ0v) is 9.96. The van der Waals surface area contributed by atoms with Gasteiger partial charge in [-0.1, -0.05) is 0 Å². The molecule has 1 aliphatic heterocycles. The zero-order valence-electron chi connectivity index (χ0n) is 9.96. The van der Waals surface area contributed by atoms with Gasteiger partial charge in [-0.25, -0.2) is 0 Å². The minimum atomic E-state index is -0.706. The Balaban J connectivity index is 1.89. The Bertz CT molecular complexity index is 284. The highest BCUT2D eigenvalue weighted by atomic mass is 16.4. The van der Waals surface area contributed by atoms with Crippen LogP contribution >= 0.6 is 0 Å². The molecule has 0 amide bonds. The van der Waals surface area contributed by atoms with Crippen LogP contribution in [0.5, 0.6) is 0 Å². The van der Waals surface area contributed by atoms with Gasteiger partial charge in [0.2, 0.25) is 0 Å². The van der Waals surface area contributed by atoms with Gasteiger partial charge < -0.3 is 15.3 Å². The van der Waals surface area contributed by atoms with Crippen molar-refractivity contribution in [1.82, 2.24) is 4.90 Å². The number of hydrogen-bond donors (Lipinski definition) is 3.